The Morgan fingerprint density at radius 1 is 1.00 bits per heavy atom. The van der Waals surface area contributed by atoms with Gasteiger partial charge in [-0.1, -0.05) is 12.1 Å². The lowest BCUT2D eigenvalue weighted by atomic mass is 10.0. The Bertz CT molecular complexity index is 1410. The van der Waals surface area contributed by atoms with E-state index in [-0.39, 0.29) is 24.6 Å². The number of piperazine rings is 1. The molecule has 5 rings (SSSR count). The second kappa shape index (κ2) is 10.4. The van der Waals surface area contributed by atoms with Crippen LogP contribution in [0.3, 0.4) is 0 Å². The smallest absolute Gasteiger partial charge is 0.339 e. The molecule has 3 aromatic heterocycles. The van der Waals surface area contributed by atoms with E-state index in [1.165, 1.54) is 17.7 Å². The molecule has 0 aliphatic carbocycles. The summed E-state index contributed by atoms with van der Waals surface area (Å²) in [5.74, 6) is -0.514. The number of carbonyl (C=O) groups excluding carboxylic acids is 2. The summed E-state index contributed by atoms with van der Waals surface area (Å²) in [5, 5.41) is 9.42. The highest BCUT2D eigenvalue weighted by Gasteiger charge is 2.33. The molecule has 37 heavy (non-hydrogen) atoms. The number of fused-ring (bicyclic) bond motifs is 1. The number of ketones is 1. The zero-order valence-corrected chi connectivity index (χ0v) is 20.6. The molecular formula is C26H24F3N5O2S. The number of Topliss-reactive ketones (excluding diaryl/α,β-unsaturated/α-hetero) is 1. The molecule has 4 heterocycles. The lowest BCUT2D eigenvalue weighted by Gasteiger charge is -2.34. The third kappa shape index (κ3) is 6.05. The van der Waals surface area contributed by atoms with Crippen LogP contribution in [-0.4, -0.2) is 62.4 Å². The maximum absolute atomic E-state index is 12.9. The zero-order valence-electron chi connectivity index (χ0n) is 19.8. The van der Waals surface area contributed by atoms with Gasteiger partial charge in [-0.15, -0.1) is 0 Å². The Labute approximate surface area is 215 Å². The first-order chi connectivity index (χ1) is 17.7. The minimum absolute atomic E-state index is 0.00554. The lowest BCUT2D eigenvalue weighted by Crippen LogP contribution is -2.49. The maximum atomic E-state index is 12.9. The van der Waals surface area contributed by atoms with E-state index in [4.69, 9.17) is 0 Å². The molecule has 1 amide bonds. The van der Waals surface area contributed by atoms with Crippen LogP contribution in [0.15, 0.2) is 59.4 Å². The number of rotatable bonds is 7. The first kappa shape index (κ1) is 25.1. The SMILES string of the molecule is O=C(Cc1ccc2nn(CC(=O)N3CCN(Cc4ccsc4)CC3)cc2c1)c1cccc(C(F)(F)F)n1. The van der Waals surface area contributed by atoms with Gasteiger partial charge in [0.1, 0.15) is 17.9 Å². The normalized spacial score (nSPS) is 14.8. The largest absolute Gasteiger partial charge is 0.433 e. The van der Waals surface area contributed by atoms with Crippen LogP contribution in [0.5, 0.6) is 0 Å². The van der Waals surface area contributed by atoms with E-state index in [1.807, 2.05) is 4.90 Å². The number of hydrogen-bond acceptors (Lipinski definition) is 6. The van der Waals surface area contributed by atoms with Gasteiger partial charge in [-0.2, -0.15) is 29.6 Å². The van der Waals surface area contributed by atoms with Crippen molar-refractivity contribution >= 4 is 33.9 Å². The van der Waals surface area contributed by atoms with Crippen LogP contribution in [0.25, 0.3) is 10.9 Å². The predicted octanol–water partition coefficient (Wildman–Crippen LogP) is 4.28. The Morgan fingerprint density at radius 2 is 1.81 bits per heavy atom. The molecule has 0 spiro atoms. The van der Waals surface area contributed by atoms with Crippen molar-refractivity contribution in [1.82, 2.24) is 24.6 Å². The van der Waals surface area contributed by atoms with Gasteiger partial charge in [0.2, 0.25) is 5.91 Å². The average Bonchev–Trinajstić information content (AvgIpc) is 3.53. The van der Waals surface area contributed by atoms with Crippen LogP contribution < -0.4 is 0 Å². The molecule has 1 fully saturated rings. The molecule has 0 bridgehead atoms. The van der Waals surface area contributed by atoms with Crippen molar-refractivity contribution in [2.24, 2.45) is 0 Å². The summed E-state index contributed by atoms with van der Waals surface area (Å²) in [5.41, 5.74) is 1.27. The number of amides is 1. The number of thiophene rings is 1. The first-order valence-electron chi connectivity index (χ1n) is 11.8. The second-order valence-corrected chi connectivity index (χ2v) is 9.79. The minimum atomic E-state index is -4.61. The van der Waals surface area contributed by atoms with Crippen molar-refractivity contribution < 1.29 is 22.8 Å². The number of benzene rings is 1. The summed E-state index contributed by atoms with van der Waals surface area (Å²) >= 11 is 1.68. The van der Waals surface area contributed by atoms with Crippen LogP contribution in [-0.2, 0) is 30.5 Å². The van der Waals surface area contributed by atoms with Crippen molar-refractivity contribution in [1.29, 1.82) is 0 Å². The Kier molecular flexibility index (Phi) is 7.07. The van der Waals surface area contributed by atoms with Crippen molar-refractivity contribution in [3.05, 3.63) is 81.9 Å². The van der Waals surface area contributed by atoms with Crippen LogP contribution in [0.2, 0.25) is 0 Å². The number of aromatic nitrogens is 3. The van der Waals surface area contributed by atoms with Crippen molar-refractivity contribution in [2.45, 2.75) is 25.7 Å². The summed E-state index contributed by atoms with van der Waals surface area (Å²) in [7, 11) is 0. The summed E-state index contributed by atoms with van der Waals surface area (Å²) in [4.78, 5) is 33.1. The van der Waals surface area contributed by atoms with Gasteiger partial charge in [0.15, 0.2) is 5.78 Å². The van der Waals surface area contributed by atoms with Gasteiger partial charge in [0.25, 0.3) is 0 Å². The van der Waals surface area contributed by atoms with Crippen molar-refractivity contribution in [3.63, 3.8) is 0 Å². The highest BCUT2D eigenvalue weighted by Crippen LogP contribution is 2.27. The molecule has 0 atom stereocenters. The van der Waals surface area contributed by atoms with E-state index in [9.17, 15) is 22.8 Å². The van der Waals surface area contributed by atoms with E-state index in [0.717, 1.165) is 31.1 Å². The summed E-state index contributed by atoms with van der Waals surface area (Å²) < 4.78 is 40.3. The fourth-order valence-corrected chi connectivity index (χ4v) is 5.04. The van der Waals surface area contributed by atoms with Crippen LogP contribution >= 0.6 is 11.3 Å². The molecule has 1 aromatic carbocycles. The van der Waals surface area contributed by atoms with Gasteiger partial charge < -0.3 is 4.90 Å². The number of hydrogen-bond donors (Lipinski definition) is 0. The van der Waals surface area contributed by atoms with Gasteiger partial charge in [-0.05, 0) is 52.2 Å². The van der Waals surface area contributed by atoms with Gasteiger partial charge >= 0.3 is 6.18 Å². The van der Waals surface area contributed by atoms with Crippen LogP contribution in [0.1, 0.15) is 27.3 Å². The van der Waals surface area contributed by atoms with E-state index in [2.05, 4.69) is 31.8 Å². The lowest BCUT2D eigenvalue weighted by molar-refractivity contribution is -0.141. The summed E-state index contributed by atoms with van der Waals surface area (Å²) in [6, 6.07) is 10.6. The molecule has 0 radical (unpaired) electrons. The van der Waals surface area contributed by atoms with E-state index >= 15 is 0 Å². The van der Waals surface area contributed by atoms with E-state index in [1.54, 1.807) is 40.4 Å². The number of carbonyl (C=O) groups is 2. The third-order valence-corrected chi connectivity index (χ3v) is 7.05. The van der Waals surface area contributed by atoms with Gasteiger partial charge in [0, 0.05) is 50.7 Å². The predicted molar refractivity (Wildman–Crippen MR) is 133 cm³/mol. The number of nitrogens with zero attached hydrogens (tertiary/aromatic N) is 5. The average molecular weight is 528 g/mol. The number of pyridine rings is 1. The molecule has 0 unspecified atom stereocenters. The van der Waals surface area contributed by atoms with Gasteiger partial charge in [-0.3, -0.25) is 19.2 Å². The molecular weight excluding hydrogens is 503 g/mol. The van der Waals surface area contributed by atoms with Gasteiger partial charge in [-0.25, -0.2) is 4.98 Å². The molecule has 1 aliphatic rings. The minimum Gasteiger partial charge on any atom is -0.339 e. The molecule has 0 saturated carbocycles. The van der Waals surface area contributed by atoms with Crippen LogP contribution in [0, 0.1) is 0 Å². The molecule has 1 aliphatic heterocycles. The zero-order chi connectivity index (χ0) is 26.0. The number of alkyl halides is 3. The summed E-state index contributed by atoms with van der Waals surface area (Å²) in [6.45, 7) is 3.98. The topological polar surface area (TPSA) is 71.3 Å². The highest BCUT2D eigenvalue weighted by atomic mass is 32.1. The number of halogens is 3. The van der Waals surface area contributed by atoms with E-state index in [0.29, 0.717) is 24.2 Å². The van der Waals surface area contributed by atoms with Crippen molar-refractivity contribution in [2.75, 3.05) is 26.2 Å². The molecule has 11 heteroatoms. The fourth-order valence-electron chi connectivity index (χ4n) is 4.38. The summed E-state index contributed by atoms with van der Waals surface area (Å²) in [6.07, 6.45) is -2.96. The Balaban J connectivity index is 1.19. The van der Waals surface area contributed by atoms with E-state index < -0.39 is 17.7 Å². The first-order valence-corrected chi connectivity index (χ1v) is 12.7. The molecule has 7 nitrogen and oxygen atoms in total. The fraction of sp³-hybridized carbons (Fsp3) is 0.308. The standard InChI is InChI=1S/C26H24F3N5O2S/c27-26(28,29)24-3-1-2-22(30-24)23(35)13-18-4-5-21-20(12-18)15-34(31-21)16-25(36)33-9-7-32(8-10-33)14-19-6-11-37-17-19/h1-6,11-12,15,17H,7-10,13-14,16H2. The quantitative estimate of drug-likeness (QED) is 0.336. The Hall–Kier alpha value is -3.57. The van der Waals surface area contributed by atoms with Crippen molar-refractivity contribution in [3.8, 4) is 0 Å². The molecule has 1 saturated heterocycles. The Morgan fingerprint density at radius 3 is 2.54 bits per heavy atom. The monoisotopic (exact) mass is 527 g/mol. The molecule has 4 aromatic rings. The third-order valence-electron chi connectivity index (χ3n) is 6.31. The highest BCUT2D eigenvalue weighted by molar-refractivity contribution is 7.07. The maximum Gasteiger partial charge on any atom is 0.433 e. The van der Waals surface area contributed by atoms with Gasteiger partial charge in [0.05, 0.1) is 5.52 Å². The van der Waals surface area contributed by atoms with Crippen LogP contribution in [0.4, 0.5) is 13.2 Å². The molecule has 192 valence electrons. The second-order valence-electron chi connectivity index (χ2n) is 9.01. The molecule has 0 N–H and O–H groups in total.